The van der Waals surface area contributed by atoms with Gasteiger partial charge in [-0.2, -0.15) is 0 Å². The highest BCUT2D eigenvalue weighted by atomic mass is 19.3. The van der Waals surface area contributed by atoms with E-state index in [-0.39, 0.29) is 11.3 Å². The molecule has 1 aromatic rings. The van der Waals surface area contributed by atoms with E-state index < -0.39 is 24.3 Å². The van der Waals surface area contributed by atoms with Crippen LogP contribution in [0.25, 0.3) is 0 Å². The molecule has 2 N–H and O–H groups in total. The Morgan fingerprint density at radius 1 is 1.54 bits per heavy atom. The van der Waals surface area contributed by atoms with Crippen molar-refractivity contribution in [2.24, 2.45) is 0 Å². The molecule has 0 aromatic carbocycles. The van der Waals surface area contributed by atoms with Gasteiger partial charge in [-0.1, -0.05) is 0 Å². The van der Waals surface area contributed by atoms with Crippen LogP contribution >= 0.6 is 0 Å². The summed E-state index contributed by atoms with van der Waals surface area (Å²) < 4.78 is 24.7. The largest absolute Gasteiger partial charge is 0.505 e. The van der Waals surface area contributed by atoms with Gasteiger partial charge in [0.05, 0.1) is 12.2 Å². The summed E-state index contributed by atoms with van der Waals surface area (Å²) in [4.78, 5) is 3.61. The molecule has 0 aliphatic heterocycles. The van der Waals surface area contributed by atoms with Crippen LogP contribution in [0.3, 0.4) is 0 Å². The number of alkyl halides is 2. The van der Waals surface area contributed by atoms with Crippen molar-refractivity contribution in [3.63, 3.8) is 0 Å². The molecule has 0 spiro atoms. The Morgan fingerprint density at radius 3 is 2.62 bits per heavy atom. The molecule has 0 unspecified atom stereocenters. The SMILES string of the molecule is Cc1cnc(CO)c(O)c1C(F)F. The first-order chi connectivity index (χ1) is 6.07. The topological polar surface area (TPSA) is 53.4 Å². The highest BCUT2D eigenvalue weighted by Crippen LogP contribution is 2.32. The zero-order valence-electron chi connectivity index (χ0n) is 6.96. The summed E-state index contributed by atoms with van der Waals surface area (Å²) in [6, 6.07) is 0. The van der Waals surface area contributed by atoms with Crippen LogP contribution in [-0.4, -0.2) is 15.2 Å². The molecule has 72 valence electrons. The van der Waals surface area contributed by atoms with Crippen LogP contribution in [0, 0.1) is 6.92 Å². The zero-order valence-corrected chi connectivity index (χ0v) is 6.96. The fraction of sp³-hybridized carbons (Fsp3) is 0.375. The lowest BCUT2D eigenvalue weighted by Crippen LogP contribution is -1.98. The van der Waals surface area contributed by atoms with Gasteiger partial charge >= 0.3 is 0 Å². The van der Waals surface area contributed by atoms with Gasteiger partial charge < -0.3 is 10.2 Å². The van der Waals surface area contributed by atoms with Gasteiger partial charge in [-0.05, 0) is 12.5 Å². The third-order valence-electron chi connectivity index (χ3n) is 1.74. The first-order valence-electron chi connectivity index (χ1n) is 3.64. The first-order valence-corrected chi connectivity index (χ1v) is 3.64. The Bertz CT molecular complexity index is 315. The van der Waals surface area contributed by atoms with E-state index in [0.29, 0.717) is 0 Å². The molecule has 0 saturated carbocycles. The van der Waals surface area contributed by atoms with Gasteiger partial charge in [0.25, 0.3) is 6.43 Å². The van der Waals surface area contributed by atoms with Crippen LogP contribution in [0.4, 0.5) is 8.78 Å². The molecule has 0 amide bonds. The van der Waals surface area contributed by atoms with Crippen molar-refractivity contribution in [1.29, 1.82) is 0 Å². The minimum Gasteiger partial charge on any atom is -0.505 e. The molecule has 0 radical (unpaired) electrons. The van der Waals surface area contributed by atoms with Gasteiger partial charge in [-0.3, -0.25) is 4.98 Å². The third kappa shape index (κ3) is 1.75. The first kappa shape index (κ1) is 9.85. The number of pyridine rings is 1. The van der Waals surface area contributed by atoms with Crippen molar-refractivity contribution < 1.29 is 19.0 Å². The van der Waals surface area contributed by atoms with E-state index in [2.05, 4.69) is 4.98 Å². The summed E-state index contributed by atoms with van der Waals surface area (Å²) in [7, 11) is 0. The maximum absolute atomic E-state index is 12.3. The number of hydrogen-bond donors (Lipinski definition) is 2. The fourth-order valence-electron chi connectivity index (χ4n) is 1.04. The van der Waals surface area contributed by atoms with Crippen LogP contribution < -0.4 is 0 Å². The molecule has 0 atom stereocenters. The quantitative estimate of drug-likeness (QED) is 0.741. The Hall–Kier alpha value is -1.23. The van der Waals surface area contributed by atoms with E-state index in [0.717, 1.165) is 0 Å². The monoisotopic (exact) mass is 189 g/mol. The Kier molecular flexibility index (Phi) is 2.77. The average molecular weight is 189 g/mol. The highest BCUT2D eigenvalue weighted by Gasteiger charge is 2.18. The maximum Gasteiger partial charge on any atom is 0.267 e. The molecular weight excluding hydrogens is 180 g/mol. The number of aromatic nitrogens is 1. The van der Waals surface area contributed by atoms with E-state index in [4.69, 9.17) is 5.11 Å². The van der Waals surface area contributed by atoms with Gasteiger partial charge in [0, 0.05) is 6.20 Å². The molecule has 5 heteroatoms. The van der Waals surface area contributed by atoms with E-state index in [1.807, 2.05) is 0 Å². The second kappa shape index (κ2) is 3.66. The average Bonchev–Trinajstić information content (AvgIpc) is 2.04. The van der Waals surface area contributed by atoms with Crippen LogP contribution in [0.5, 0.6) is 5.75 Å². The molecule has 0 aliphatic carbocycles. The summed E-state index contributed by atoms with van der Waals surface area (Å²) in [6.45, 7) is 0.876. The molecule has 0 fully saturated rings. The summed E-state index contributed by atoms with van der Waals surface area (Å²) in [5.41, 5.74) is -0.371. The Morgan fingerprint density at radius 2 is 2.15 bits per heavy atom. The van der Waals surface area contributed by atoms with Crippen molar-refractivity contribution in [2.75, 3.05) is 0 Å². The minimum atomic E-state index is -2.76. The number of aliphatic hydroxyl groups is 1. The number of rotatable bonds is 2. The lowest BCUT2D eigenvalue weighted by Gasteiger charge is -2.09. The van der Waals surface area contributed by atoms with Gasteiger partial charge in [-0.15, -0.1) is 0 Å². The molecule has 0 aliphatic rings. The predicted octanol–water partition coefficient (Wildman–Crippen LogP) is 1.53. The number of halogens is 2. The molecule has 3 nitrogen and oxygen atoms in total. The molecule has 13 heavy (non-hydrogen) atoms. The van der Waals surface area contributed by atoms with Crippen molar-refractivity contribution in [2.45, 2.75) is 20.0 Å². The van der Waals surface area contributed by atoms with Gasteiger partial charge in [0.15, 0.2) is 0 Å². The van der Waals surface area contributed by atoms with E-state index in [1.54, 1.807) is 0 Å². The van der Waals surface area contributed by atoms with Crippen molar-refractivity contribution >= 4 is 0 Å². The van der Waals surface area contributed by atoms with Crippen LogP contribution in [0.2, 0.25) is 0 Å². The normalized spacial score (nSPS) is 10.8. The molecule has 0 bridgehead atoms. The lowest BCUT2D eigenvalue weighted by molar-refractivity contribution is 0.145. The van der Waals surface area contributed by atoms with Crippen LogP contribution in [0.1, 0.15) is 23.2 Å². The van der Waals surface area contributed by atoms with Crippen LogP contribution in [-0.2, 0) is 6.61 Å². The molecule has 1 rings (SSSR count). The standard InChI is InChI=1S/C8H9F2NO2/c1-4-2-11-5(3-12)7(13)6(4)8(9)10/h2,8,12-13H,3H2,1H3. The van der Waals surface area contributed by atoms with Gasteiger partial charge in [-0.25, -0.2) is 8.78 Å². The second-order valence-corrected chi connectivity index (χ2v) is 2.61. The Balaban J connectivity index is 3.30. The molecule has 1 aromatic heterocycles. The molecule has 0 saturated heterocycles. The van der Waals surface area contributed by atoms with Crippen molar-refractivity contribution in [1.82, 2.24) is 4.98 Å². The van der Waals surface area contributed by atoms with Crippen molar-refractivity contribution in [3.05, 3.63) is 23.0 Å². The van der Waals surface area contributed by atoms with Crippen molar-refractivity contribution in [3.8, 4) is 5.75 Å². The second-order valence-electron chi connectivity index (χ2n) is 2.61. The number of aryl methyl sites for hydroxylation is 1. The number of aliphatic hydroxyl groups excluding tert-OH is 1. The number of nitrogens with zero attached hydrogens (tertiary/aromatic N) is 1. The number of aromatic hydroxyl groups is 1. The smallest absolute Gasteiger partial charge is 0.267 e. The van der Waals surface area contributed by atoms with E-state index in [1.165, 1.54) is 13.1 Å². The molecular formula is C8H9F2NO2. The number of hydrogen-bond acceptors (Lipinski definition) is 3. The highest BCUT2D eigenvalue weighted by molar-refractivity contribution is 5.41. The van der Waals surface area contributed by atoms with E-state index >= 15 is 0 Å². The van der Waals surface area contributed by atoms with Gasteiger partial charge in [0.1, 0.15) is 11.4 Å². The fourth-order valence-corrected chi connectivity index (χ4v) is 1.04. The zero-order chi connectivity index (χ0) is 10.0. The Labute approximate surface area is 73.7 Å². The van der Waals surface area contributed by atoms with E-state index in [9.17, 15) is 13.9 Å². The minimum absolute atomic E-state index is 0.124. The third-order valence-corrected chi connectivity index (χ3v) is 1.74. The summed E-state index contributed by atoms with van der Waals surface area (Å²) in [5, 5.41) is 17.9. The lowest BCUT2D eigenvalue weighted by atomic mass is 10.1. The summed E-state index contributed by atoms with van der Waals surface area (Å²) >= 11 is 0. The van der Waals surface area contributed by atoms with Gasteiger partial charge in [0.2, 0.25) is 0 Å². The predicted molar refractivity (Wildman–Crippen MR) is 41.5 cm³/mol. The maximum atomic E-state index is 12.3. The summed E-state index contributed by atoms with van der Waals surface area (Å²) in [6.07, 6.45) is -1.56. The molecule has 1 heterocycles. The summed E-state index contributed by atoms with van der Waals surface area (Å²) in [5.74, 6) is -0.613. The van der Waals surface area contributed by atoms with Crippen LogP contribution in [0.15, 0.2) is 6.20 Å².